The van der Waals surface area contributed by atoms with E-state index in [0.29, 0.717) is 53.5 Å². The van der Waals surface area contributed by atoms with Gasteiger partial charge in [-0.25, -0.2) is 0 Å². The third kappa shape index (κ3) is 4.89. The molecule has 192 valence electrons. The number of aliphatic hydroxyl groups is 1. The van der Waals surface area contributed by atoms with Crippen molar-refractivity contribution in [2.45, 2.75) is 46.6 Å². The zero-order valence-electron chi connectivity index (χ0n) is 21.3. The lowest BCUT2D eigenvalue weighted by atomic mass is 9.87. The second kappa shape index (κ2) is 10.8. The van der Waals surface area contributed by atoms with Gasteiger partial charge in [-0.1, -0.05) is 44.0 Å². The van der Waals surface area contributed by atoms with Gasteiger partial charge in [0.2, 0.25) is 11.7 Å². The molecular formula is C28H30N4O5. The SMILES string of the molecule is CCNC(=O)c1ccc(C(O)=C2C(=O)C(=O)N(c3ccc(-c4noc(C)n4)cc3)C2C(CC)CC)cc1. The van der Waals surface area contributed by atoms with E-state index in [-0.39, 0.29) is 23.2 Å². The molecule has 1 aliphatic heterocycles. The van der Waals surface area contributed by atoms with Gasteiger partial charge < -0.3 is 14.9 Å². The Morgan fingerprint density at radius 1 is 1.03 bits per heavy atom. The predicted octanol–water partition coefficient (Wildman–Crippen LogP) is 4.48. The quantitative estimate of drug-likeness (QED) is 0.264. The van der Waals surface area contributed by atoms with E-state index in [4.69, 9.17) is 4.52 Å². The van der Waals surface area contributed by atoms with Crippen molar-refractivity contribution in [1.29, 1.82) is 0 Å². The van der Waals surface area contributed by atoms with Crippen LogP contribution in [-0.2, 0) is 9.59 Å². The maximum atomic E-state index is 13.3. The molecule has 1 aromatic heterocycles. The van der Waals surface area contributed by atoms with Crippen molar-refractivity contribution >= 4 is 29.0 Å². The molecule has 0 spiro atoms. The summed E-state index contributed by atoms with van der Waals surface area (Å²) >= 11 is 0. The number of aryl methyl sites for hydroxylation is 1. The van der Waals surface area contributed by atoms with Crippen LogP contribution in [-0.4, -0.2) is 45.4 Å². The summed E-state index contributed by atoms with van der Waals surface area (Å²) in [4.78, 5) is 44.4. The number of hydrogen-bond acceptors (Lipinski definition) is 7. The van der Waals surface area contributed by atoms with Crippen molar-refractivity contribution in [3.8, 4) is 11.4 Å². The third-order valence-electron chi connectivity index (χ3n) is 6.67. The maximum Gasteiger partial charge on any atom is 0.299 e. The van der Waals surface area contributed by atoms with Gasteiger partial charge in [-0.15, -0.1) is 0 Å². The summed E-state index contributed by atoms with van der Waals surface area (Å²) in [6.45, 7) is 8.02. The minimum Gasteiger partial charge on any atom is -0.507 e. The van der Waals surface area contributed by atoms with Crippen LogP contribution in [0.25, 0.3) is 17.1 Å². The number of ketones is 1. The van der Waals surface area contributed by atoms with E-state index in [9.17, 15) is 19.5 Å². The molecule has 0 saturated carbocycles. The van der Waals surface area contributed by atoms with Gasteiger partial charge in [0, 0.05) is 35.8 Å². The standard InChI is InChI=1S/C28H30N4O5/c1-5-17(6-2)23-22(24(33)18-8-10-20(11-9-18)27(35)29-7-3)25(34)28(36)32(23)21-14-12-19(13-15-21)26-30-16(4)37-31-26/h8-15,17,23,33H,5-7H2,1-4H3,(H,29,35). The van der Waals surface area contributed by atoms with Gasteiger partial charge in [-0.3, -0.25) is 19.3 Å². The highest BCUT2D eigenvalue weighted by Gasteiger charge is 2.48. The molecule has 1 aliphatic rings. The highest BCUT2D eigenvalue weighted by atomic mass is 16.5. The van der Waals surface area contributed by atoms with Gasteiger partial charge in [-0.05, 0) is 49.2 Å². The van der Waals surface area contributed by atoms with Gasteiger partial charge in [0.15, 0.2) is 0 Å². The van der Waals surface area contributed by atoms with Gasteiger partial charge in [0.25, 0.3) is 17.6 Å². The fourth-order valence-corrected chi connectivity index (χ4v) is 4.71. The third-order valence-corrected chi connectivity index (χ3v) is 6.67. The fourth-order valence-electron chi connectivity index (χ4n) is 4.71. The Bertz CT molecular complexity index is 1340. The number of amides is 2. The largest absolute Gasteiger partial charge is 0.507 e. The molecule has 2 amide bonds. The highest BCUT2D eigenvalue weighted by Crippen LogP contribution is 2.39. The molecule has 2 heterocycles. The maximum absolute atomic E-state index is 13.3. The highest BCUT2D eigenvalue weighted by molar-refractivity contribution is 6.51. The molecule has 37 heavy (non-hydrogen) atoms. The van der Waals surface area contributed by atoms with Crippen LogP contribution in [0, 0.1) is 12.8 Å². The lowest BCUT2D eigenvalue weighted by molar-refractivity contribution is -0.132. The average molecular weight is 503 g/mol. The summed E-state index contributed by atoms with van der Waals surface area (Å²) in [6.07, 6.45) is 1.40. The summed E-state index contributed by atoms with van der Waals surface area (Å²) in [5, 5.41) is 17.9. The van der Waals surface area contributed by atoms with Crippen LogP contribution in [0.1, 0.15) is 55.4 Å². The van der Waals surface area contributed by atoms with Crippen LogP contribution < -0.4 is 10.2 Å². The van der Waals surface area contributed by atoms with Crippen LogP contribution in [0.15, 0.2) is 58.6 Å². The number of Topliss-reactive ketones (excluding diaryl/α,β-unsaturated/α-hetero) is 1. The lowest BCUT2D eigenvalue weighted by Crippen LogP contribution is -2.39. The Balaban J connectivity index is 1.75. The summed E-state index contributed by atoms with van der Waals surface area (Å²) in [5.74, 6) is -1.11. The molecule has 1 saturated heterocycles. The Morgan fingerprint density at radius 3 is 2.19 bits per heavy atom. The number of rotatable bonds is 8. The summed E-state index contributed by atoms with van der Waals surface area (Å²) < 4.78 is 5.05. The number of carbonyl (C=O) groups excluding carboxylic acids is 3. The Morgan fingerprint density at radius 2 is 1.65 bits per heavy atom. The van der Waals surface area contributed by atoms with Gasteiger partial charge >= 0.3 is 0 Å². The molecule has 1 unspecified atom stereocenters. The summed E-state index contributed by atoms with van der Waals surface area (Å²) in [7, 11) is 0. The van der Waals surface area contributed by atoms with Crippen molar-refractivity contribution in [2.24, 2.45) is 5.92 Å². The number of carbonyl (C=O) groups is 3. The average Bonchev–Trinajstić information content (AvgIpc) is 3.46. The second-order valence-electron chi connectivity index (χ2n) is 8.91. The van der Waals surface area contributed by atoms with E-state index >= 15 is 0 Å². The molecule has 0 aliphatic carbocycles. The zero-order chi connectivity index (χ0) is 26.7. The molecule has 3 aromatic rings. The monoisotopic (exact) mass is 502 g/mol. The first kappa shape index (κ1) is 25.8. The predicted molar refractivity (Wildman–Crippen MR) is 139 cm³/mol. The number of nitrogens with zero attached hydrogens (tertiary/aromatic N) is 3. The Kier molecular flexibility index (Phi) is 7.52. The first-order valence-electron chi connectivity index (χ1n) is 12.4. The van der Waals surface area contributed by atoms with Gasteiger partial charge in [0.1, 0.15) is 5.76 Å². The van der Waals surface area contributed by atoms with Crippen LogP contribution in [0.5, 0.6) is 0 Å². The number of aliphatic hydroxyl groups excluding tert-OH is 1. The number of anilines is 1. The van der Waals surface area contributed by atoms with E-state index in [2.05, 4.69) is 15.5 Å². The van der Waals surface area contributed by atoms with Crippen LogP contribution in [0.3, 0.4) is 0 Å². The van der Waals surface area contributed by atoms with E-state index < -0.39 is 17.7 Å². The van der Waals surface area contributed by atoms with Crippen molar-refractivity contribution in [3.05, 3.63) is 71.1 Å². The number of aromatic nitrogens is 2. The fraction of sp³-hybridized carbons (Fsp3) is 0.321. The molecule has 1 fully saturated rings. The molecule has 4 rings (SSSR count). The Hall–Kier alpha value is -4.27. The van der Waals surface area contributed by atoms with Gasteiger partial charge in [-0.2, -0.15) is 4.98 Å². The number of benzene rings is 2. The molecule has 2 N–H and O–H groups in total. The van der Waals surface area contributed by atoms with E-state index in [1.54, 1.807) is 55.5 Å². The first-order chi connectivity index (χ1) is 17.8. The van der Waals surface area contributed by atoms with E-state index in [1.165, 1.54) is 4.90 Å². The molecule has 1 atom stereocenters. The Labute approximate surface area is 215 Å². The van der Waals surface area contributed by atoms with Crippen molar-refractivity contribution < 1.29 is 24.0 Å². The van der Waals surface area contributed by atoms with Gasteiger partial charge in [0.05, 0.1) is 11.6 Å². The van der Waals surface area contributed by atoms with Crippen molar-refractivity contribution in [1.82, 2.24) is 15.5 Å². The number of nitrogens with one attached hydrogen (secondary N) is 1. The minimum atomic E-state index is -0.736. The molecule has 2 aromatic carbocycles. The van der Waals surface area contributed by atoms with E-state index in [1.807, 2.05) is 20.8 Å². The smallest absolute Gasteiger partial charge is 0.299 e. The molecule has 0 radical (unpaired) electrons. The topological polar surface area (TPSA) is 126 Å². The molecular weight excluding hydrogens is 472 g/mol. The normalized spacial score (nSPS) is 17.0. The summed E-state index contributed by atoms with van der Waals surface area (Å²) in [6, 6.07) is 12.7. The number of hydrogen-bond donors (Lipinski definition) is 2. The van der Waals surface area contributed by atoms with E-state index in [0.717, 1.165) is 0 Å². The summed E-state index contributed by atoms with van der Waals surface area (Å²) in [5.41, 5.74) is 2.12. The molecule has 9 nitrogen and oxygen atoms in total. The van der Waals surface area contributed by atoms with Crippen molar-refractivity contribution in [3.63, 3.8) is 0 Å². The molecule has 0 bridgehead atoms. The van der Waals surface area contributed by atoms with Crippen LogP contribution in [0.2, 0.25) is 0 Å². The second-order valence-corrected chi connectivity index (χ2v) is 8.91. The zero-order valence-corrected chi connectivity index (χ0v) is 21.3. The van der Waals surface area contributed by atoms with Crippen molar-refractivity contribution in [2.75, 3.05) is 11.4 Å². The first-order valence-corrected chi connectivity index (χ1v) is 12.4. The molecule has 9 heteroatoms. The minimum absolute atomic E-state index is 0.0679. The van der Waals surface area contributed by atoms with Crippen LogP contribution >= 0.6 is 0 Å². The van der Waals surface area contributed by atoms with Crippen LogP contribution in [0.4, 0.5) is 5.69 Å². The lowest BCUT2D eigenvalue weighted by Gasteiger charge is -2.31.